The molecule has 0 atom stereocenters. The Morgan fingerprint density at radius 3 is 2.59 bits per heavy atom. The van der Waals surface area contributed by atoms with Gasteiger partial charge < -0.3 is 5.32 Å². The number of aryl methyl sites for hydroxylation is 2. The molecule has 0 aliphatic heterocycles. The van der Waals surface area contributed by atoms with E-state index >= 15 is 0 Å². The number of aromatic nitrogens is 2. The summed E-state index contributed by atoms with van der Waals surface area (Å²) in [4.78, 5) is 41.1. The molecule has 4 rings (SSSR count). The van der Waals surface area contributed by atoms with Crippen molar-refractivity contribution in [2.45, 2.75) is 25.0 Å². The van der Waals surface area contributed by atoms with Crippen molar-refractivity contribution in [1.82, 2.24) is 9.55 Å². The minimum atomic E-state index is -0.482. The molecular formula is C25H22N4O4S. The Morgan fingerprint density at radius 2 is 1.82 bits per heavy atom. The summed E-state index contributed by atoms with van der Waals surface area (Å²) in [6.45, 7) is 2.06. The zero-order valence-corrected chi connectivity index (χ0v) is 19.2. The number of rotatable bonds is 8. The zero-order chi connectivity index (χ0) is 24.1. The van der Waals surface area contributed by atoms with Crippen LogP contribution in [0.15, 0.2) is 82.7 Å². The maximum atomic E-state index is 13.2. The van der Waals surface area contributed by atoms with Crippen LogP contribution in [0, 0.1) is 17.0 Å². The normalized spacial score (nSPS) is 10.9. The molecule has 4 aromatic rings. The molecule has 0 aliphatic carbocycles. The highest BCUT2D eigenvalue weighted by molar-refractivity contribution is 7.99. The maximum absolute atomic E-state index is 13.2. The summed E-state index contributed by atoms with van der Waals surface area (Å²) in [5, 5.41) is 14.8. The summed E-state index contributed by atoms with van der Waals surface area (Å²) < 4.78 is 1.60. The molecule has 1 heterocycles. The lowest BCUT2D eigenvalue weighted by Crippen LogP contribution is -2.25. The number of benzene rings is 3. The van der Waals surface area contributed by atoms with E-state index in [4.69, 9.17) is 0 Å². The number of hydrogen-bond donors (Lipinski definition) is 1. The lowest BCUT2D eigenvalue weighted by atomic mass is 10.1. The van der Waals surface area contributed by atoms with E-state index in [2.05, 4.69) is 10.3 Å². The molecule has 1 N–H and O–H groups in total. The number of anilines is 1. The van der Waals surface area contributed by atoms with E-state index in [0.29, 0.717) is 40.3 Å². The molecule has 0 fully saturated rings. The Hall–Kier alpha value is -3.98. The number of nitro groups is 1. The average molecular weight is 475 g/mol. The average Bonchev–Trinajstić information content (AvgIpc) is 2.84. The highest BCUT2D eigenvalue weighted by atomic mass is 32.2. The van der Waals surface area contributed by atoms with Gasteiger partial charge in [-0.05, 0) is 37.1 Å². The Morgan fingerprint density at radius 1 is 1.09 bits per heavy atom. The lowest BCUT2D eigenvalue weighted by molar-refractivity contribution is -0.385. The number of fused-ring (bicyclic) bond motifs is 1. The van der Waals surface area contributed by atoms with Crippen molar-refractivity contribution in [2.24, 2.45) is 0 Å². The van der Waals surface area contributed by atoms with Crippen molar-refractivity contribution >= 4 is 39.9 Å². The molecule has 0 radical (unpaired) electrons. The van der Waals surface area contributed by atoms with Crippen molar-refractivity contribution in [2.75, 3.05) is 11.1 Å². The lowest BCUT2D eigenvalue weighted by Gasteiger charge is -2.13. The van der Waals surface area contributed by atoms with Crippen LogP contribution < -0.4 is 10.9 Å². The van der Waals surface area contributed by atoms with Gasteiger partial charge in [0.1, 0.15) is 0 Å². The van der Waals surface area contributed by atoms with Gasteiger partial charge in [0.15, 0.2) is 5.16 Å². The van der Waals surface area contributed by atoms with Crippen LogP contribution in [0.1, 0.15) is 11.1 Å². The van der Waals surface area contributed by atoms with E-state index in [1.807, 2.05) is 36.4 Å². The Kier molecular flexibility index (Phi) is 7.03. The van der Waals surface area contributed by atoms with Crippen molar-refractivity contribution in [3.05, 3.63) is 104 Å². The second kappa shape index (κ2) is 10.3. The Bertz CT molecular complexity index is 1420. The van der Waals surface area contributed by atoms with Crippen molar-refractivity contribution in [3.8, 4) is 0 Å². The van der Waals surface area contributed by atoms with Crippen LogP contribution in [-0.2, 0) is 17.8 Å². The summed E-state index contributed by atoms with van der Waals surface area (Å²) in [6.07, 6.45) is 0.646. The van der Waals surface area contributed by atoms with Crippen LogP contribution in [0.4, 0.5) is 11.4 Å². The molecule has 3 aromatic carbocycles. The van der Waals surface area contributed by atoms with E-state index in [0.717, 1.165) is 17.3 Å². The molecule has 0 saturated carbocycles. The van der Waals surface area contributed by atoms with Crippen LogP contribution in [-0.4, -0.2) is 26.1 Å². The van der Waals surface area contributed by atoms with Crippen LogP contribution in [0.3, 0.4) is 0 Å². The number of para-hydroxylation sites is 1. The van der Waals surface area contributed by atoms with Gasteiger partial charge in [-0.2, -0.15) is 0 Å². The summed E-state index contributed by atoms with van der Waals surface area (Å²) in [5.74, 6) is -0.349. The summed E-state index contributed by atoms with van der Waals surface area (Å²) in [7, 11) is 0. The third kappa shape index (κ3) is 5.32. The fourth-order valence-corrected chi connectivity index (χ4v) is 4.38. The van der Waals surface area contributed by atoms with Gasteiger partial charge in [-0.15, -0.1) is 0 Å². The Labute approximate surface area is 199 Å². The predicted molar refractivity (Wildman–Crippen MR) is 133 cm³/mol. The molecule has 0 saturated heterocycles. The smallest absolute Gasteiger partial charge is 0.274 e. The number of nitrogens with zero attached hydrogens (tertiary/aromatic N) is 3. The SMILES string of the molecule is Cc1ccc(NC(=O)CSc2nc3ccccc3c(=O)n2CCc2ccccc2)cc1[N+](=O)[O-]. The van der Waals surface area contributed by atoms with Crippen LogP contribution in [0.2, 0.25) is 0 Å². The third-order valence-corrected chi connectivity index (χ3v) is 6.29. The summed E-state index contributed by atoms with van der Waals surface area (Å²) in [5.41, 5.74) is 2.31. The molecule has 8 nitrogen and oxygen atoms in total. The molecule has 172 valence electrons. The quantitative estimate of drug-likeness (QED) is 0.173. The minimum Gasteiger partial charge on any atom is -0.325 e. The molecule has 9 heteroatoms. The monoisotopic (exact) mass is 474 g/mol. The number of carbonyl (C=O) groups excluding carboxylic acids is 1. The number of nitro benzene ring substituents is 1. The standard InChI is InChI=1S/C25H22N4O4S/c1-17-11-12-19(15-22(17)29(32)33)26-23(30)16-34-25-27-21-10-6-5-9-20(21)24(31)28(25)14-13-18-7-3-2-4-8-18/h2-12,15H,13-14,16H2,1H3,(H,26,30). The first kappa shape index (κ1) is 23.2. The number of thioether (sulfide) groups is 1. The number of hydrogen-bond acceptors (Lipinski definition) is 6. The topological polar surface area (TPSA) is 107 Å². The molecule has 0 spiro atoms. The highest BCUT2D eigenvalue weighted by Crippen LogP contribution is 2.23. The summed E-state index contributed by atoms with van der Waals surface area (Å²) in [6, 6.07) is 21.5. The van der Waals surface area contributed by atoms with Crippen LogP contribution in [0.5, 0.6) is 0 Å². The minimum absolute atomic E-state index is 0.00219. The van der Waals surface area contributed by atoms with E-state index in [-0.39, 0.29) is 22.9 Å². The number of nitrogens with one attached hydrogen (secondary N) is 1. The van der Waals surface area contributed by atoms with Gasteiger partial charge in [0.05, 0.1) is 21.6 Å². The van der Waals surface area contributed by atoms with Crippen LogP contribution >= 0.6 is 11.8 Å². The van der Waals surface area contributed by atoms with E-state index in [1.165, 1.54) is 6.07 Å². The van der Waals surface area contributed by atoms with Crippen molar-refractivity contribution < 1.29 is 9.72 Å². The second-order valence-electron chi connectivity index (χ2n) is 7.70. The van der Waals surface area contributed by atoms with Gasteiger partial charge in [-0.25, -0.2) is 4.98 Å². The van der Waals surface area contributed by atoms with E-state index in [9.17, 15) is 19.7 Å². The van der Waals surface area contributed by atoms with Gasteiger partial charge in [0, 0.05) is 23.9 Å². The van der Waals surface area contributed by atoms with Gasteiger partial charge in [-0.3, -0.25) is 24.3 Å². The molecule has 0 bridgehead atoms. The zero-order valence-electron chi connectivity index (χ0n) is 18.4. The molecule has 1 aromatic heterocycles. The van der Waals surface area contributed by atoms with E-state index in [1.54, 1.807) is 41.8 Å². The highest BCUT2D eigenvalue weighted by Gasteiger charge is 2.15. The van der Waals surface area contributed by atoms with Gasteiger partial charge in [0.2, 0.25) is 5.91 Å². The fraction of sp³-hybridized carbons (Fsp3) is 0.160. The van der Waals surface area contributed by atoms with Gasteiger partial charge in [-0.1, -0.05) is 60.3 Å². The first-order valence-corrected chi connectivity index (χ1v) is 11.6. The van der Waals surface area contributed by atoms with Crippen molar-refractivity contribution in [1.29, 1.82) is 0 Å². The van der Waals surface area contributed by atoms with E-state index < -0.39 is 4.92 Å². The first-order valence-electron chi connectivity index (χ1n) is 10.6. The fourth-order valence-electron chi connectivity index (χ4n) is 3.55. The number of carbonyl (C=O) groups is 1. The molecule has 34 heavy (non-hydrogen) atoms. The maximum Gasteiger partial charge on any atom is 0.274 e. The molecular weight excluding hydrogens is 452 g/mol. The molecule has 1 amide bonds. The summed E-state index contributed by atoms with van der Waals surface area (Å²) >= 11 is 1.16. The predicted octanol–water partition coefficient (Wildman–Crippen LogP) is 4.59. The second-order valence-corrected chi connectivity index (χ2v) is 8.64. The van der Waals surface area contributed by atoms with Crippen LogP contribution in [0.25, 0.3) is 10.9 Å². The molecule has 0 aliphatic rings. The van der Waals surface area contributed by atoms with Crippen molar-refractivity contribution in [3.63, 3.8) is 0 Å². The third-order valence-electron chi connectivity index (χ3n) is 5.32. The van der Waals surface area contributed by atoms with Gasteiger partial charge >= 0.3 is 0 Å². The Balaban J connectivity index is 1.54. The number of amides is 1. The largest absolute Gasteiger partial charge is 0.325 e. The first-order chi connectivity index (χ1) is 16.4. The molecule has 0 unspecified atom stereocenters. The van der Waals surface area contributed by atoms with Gasteiger partial charge in [0.25, 0.3) is 11.2 Å².